The number of nitrogens with two attached hydrogens (primary N) is 1. The van der Waals surface area contributed by atoms with Crippen molar-refractivity contribution in [2.24, 2.45) is 34.7 Å². The fourth-order valence-corrected chi connectivity index (χ4v) is 6.26. The van der Waals surface area contributed by atoms with Crippen molar-refractivity contribution < 1.29 is 13.2 Å². The van der Waals surface area contributed by atoms with Gasteiger partial charge in [-0.3, -0.25) is 0 Å². The van der Waals surface area contributed by atoms with Crippen LogP contribution in [0.15, 0.2) is 0 Å². The topological polar surface area (TPSA) is 81.4 Å². The Hall–Kier alpha value is -0.170. The van der Waals surface area contributed by atoms with E-state index in [1.54, 1.807) is 0 Å². The molecule has 4 saturated carbocycles. The molecule has 0 aromatic rings. The summed E-state index contributed by atoms with van der Waals surface area (Å²) < 4.78 is 30.3. The van der Waals surface area contributed by atoms with Gasteiger partial charge in [0.2, 0.25) is 0 Å². The molecule has 22 heavy (non-hydrogen) atoms. The van der Waals surface area contributed by atoms with E-state index in [2.05, 4.69) is 18.6 Å². The van der Waals surface area contributed by atoms with E-state index in [1.807, 2.05) is 0 Å². The van der Waals surface area contributed by atoms with Crippen molar-refractivity contribution in [2.75, 3.05) is 13.2 Å². The Labute approximate surface area is 134 Å². The molecule has 0 aromatic heterocycles. The quantitative estimate of drug-likeness (QED) is 0.701. The van der Waals surface area contributed by atoms with E-state index in [0.29, 0.717) is 19.6 Å². The molecular weight excluding hydrogens is 300 g/mol. The number of hydrogen-bond acceptors (Lipinski definition) is 3. The second-order valence-corrected chi connectivity index (χ2v) is 9.49. The van der Waals surface area contributed by atoms with Crippen molar-refractivity contribution in [2.45, 2.75) is 58.0 Å². The SMILES string of the molecule is CC(C)C1C2CC3CC1CC(OCCCNS(N)(=O)=O)(C3)C2. The van der Waals surface area contributed by atoms with E-state index in [0.717, 1.165) is 29.6 Å². The van der Waals surface area contributed by atoms with Gasteiger partial charge in [0.15, 0.2) is 0 Å². The van der Waals surface area contributed by atoms with E-state index in [9.17, 15) is 8.42 Å². The average Bonchev–Trinajstić information content (AvgIpc) is 2.34. The van der Waals surface area contributed by atoms with Gasteiger partial charge >= 0.3 is 0 Å². The predicted octanol–water partition coefficient (Wildman–Crippen LogP) is 2.04. The molecule has 128 valence electrons. The molecule has 0 heterocycles. The summed E-state index contributed by atoms with van der Waals surface area (Å²) in [5, 5.41) is 4.93. The normalized spacial score (nSPS) is 40.5. The first kappa shape index (κ1) is 16.7. The zero-order valence-electron chi connectivity index (χ0n) is 13.8. The van der Waals surface area contributed by atoms with Crippen molar-refractivity contribution in [1.29, 1.82) is 0 Å². The van der Waals surface area contributed by atoms with Crippen molar-refractivity contribution in [3.63, 3.8) is 0 Å². The van der Waals surface area contributed by atoms with Crippen molar-refractivity contribution >= 4 is 10.2 Å². The third-order valence-electron chi connectivity index (χ3n) is 6.09. The molecule has 4 aliphatic carbocycles. The highest BCUT2D eigenvalue weighted by Gasteiger charge is 2.56. The smallest absolute Gasteiger partial charge is 0.274 e. The van der Waals surface area contributed by atoms with Crippen LogP contribution in [0, 0.1) is 29.6 Å². The van der Waals surface area contributed by atoms with Crippen LogP contribution in [0.2, 0.25) is 0 Å². The third kappa shape index (κ3) is 3.50. The van der Waals surface area contributed by atoms with Crippen LogP contribution >= 0.6 is 0 Å². The van der Waals surface area contributed by atoms with Crippen LogP contribution in [-0.2, 0) is 14.9 Å². The standard InChI is InChI=1S/C16H30N2O3S/c1-11(2)15-13-6-12-7-14(15)10-16(8-12,9-13)21-5-3-4-18-22(17,19)20/h11-15,18H,3-10H2,1-2H3,(H2,17,19,20). The maximum atomic E-state index is 10.8. The van der Waals surface area contributed by atoms with Gasteiger partial charge in [0.05, 0.1) is 5.60 Å². The molecule has 0 spiro atoms. The van der Waals surface area contributed by atoms with Crippen LogP contribution in [0.3, 0.4) is 0 Å². The predicted molar refractivity (Wildman–Crippen MR) is 86.3 cm³/mol. The molecule has 2 atom stereocenters. The van der Waals surface area contributed by atoms with E-state index < -0.39 is 10.2 Å². The molecular formula is C16H30N2O3S. The van der Waals surface area contributed by atoms with Gasteiger partial charge in [0.25, 0.3) is 10.2 Å². The minimum atomic E-state index is -3.57. The summed E-state index contributed by atoms with van der Waals surface area (Å²) in [5.41, 5.74) is 0.0868. The summed E-state index contributed by atoms with van der Waals surface area (Å²) in [6.45, 7) is 5.74. The summed E-state index contributed by atoms with van der Waals surface area (Å²) in [6.07, 6.45) is 7.13. The van der Waals surface area contributed by atoms with Gasteiger partial charge in [-0.1, -0.05) is 13.8 Å². The summed E-state index contributed by atoms with van der Waals surface area (Å²) in [6, 6.07) is 0. The highest BCUT2D eigenvalue weighted by molar-refractivity contribution is 7.87. The molecule has 3 N–H and O–H groups in total. The highest BCUT2D eigenvalue weighted by Crippen LogP contribution is 2.61. The Balaban J connectivity index is 1.52. The molecule has 0 radical (unpaired) electrons. The first-order valence-corrected chi connectivity index (χ1v) is 10.2. The van der Waals surface area contributed by atoms with E-state index >= 15 is 0 Å². The second kappa shape index (κ2) is 6.04. The minimum absolute atomic E-state index is 0.0868. The first-order valence-electron chi connectivity index (χ1n) is 8.69. The molecule has 4 fully saturated rings. The maximum Gasteiger partial charge on any atom is 0.274 e. The Kier molecular flexibility index (Phi) is 4.58. The summed E-state index contributed by atoms with van der Waals surface area (Å²) in [7, 11) is -3.57. The fraction of sp³-hybridized carbons (Fsp3) is 1.00. The van der Waals surface area contributed by atoms with E-state index in [4.69, 9.17) is 9.88 Å². The molecule has 2 unspecified atom stereocenters. The molecule has 0 aromatic carbocycles. The van der Waals surface area contributed by atoms with Gasteiger partial charge in [-0.2, -0.15) is 8.42 Å². The molecule has 4 bridgehead atoms. The first-order chi connectivity index (χ1) is 10.3. The molecule has 4 aliphatic rings. The number of ether oxygens (including phenoxy) is 1. The molecule has 6 heteroatoms. The Morgan fingerprint density at radius 2 is 1.86 bits per heavy atom. The lowest BCUT2D eigenvalue weighted by molar-refractivity contribution is -0.189. The highest BCUT2D eigenvalue weighted by atomic mass is 32.2. The van der Waals surface area contributed by atoms with Gasteiger partial charge in [0.1, 0.15) is 0 Å². The summed E-state index contributed by atoms with van der Waals surface area (Å²) in [5.74, 6) is 4.21. The van der Waals surface area contributed by atoms with E-state index in [1.165, 1.54) is 32.1 Å². The van der Waals surface area contributed by atoms with Crippen LogP contribution in [0.1, 0.15) is 52.4 Å². The number of rotatable bonds is 7. The lowest BCUT2D eigenvalue weighted by atomic mass is 9.48. The number of hydrogen-bond donors (Lipinski definition) is 2. The van der Waals surface area contributed by atoms with Gasteiger partial charge in [-0.25, -0.2) is 9.86 Å². The molecule has 0 amide bonds. The lowest BCUT2D eigenvalue weighted by Gasteiger charge is -2.60. The maximum absolute atomic E-state index is 10.8. The minimum Gasteiger partial charge on any atom is -0.375 e. The Morgan fingerprint density at radius 3 is 2.41 bits per heavy atom. The van der Waals surface area contributed by atoms with Crippen LogP contribution in [-0.4, -0.2) is 27.2 Å². The molecule has 0 aliphatic heterocycles. The second-order valence-electron chi connectivity index (χ2n) is 8.12. The third-order valence-corrected chi connectivity index (χ3v) is 6.70. The van der Waals surface area contributed by atoms with Gasteiger partial charge < -0.3 is 4.74 Å². The van der Waals surface area contributed by atoms with Crippen LogP contribution < -0.4 is 9.86 Å². The Bertz CT molecular complexity index is 490. The van der Waals surface area contributed by atoms with Crippen molar-refractivity contribution in [3.05, 3.63) is 0 Å². The Morgan fingerprint density at radius 1 is 1.23 bits per heavy atom. The summed E-state index contributed by atoms with van der Waals surface area (Å²) in [4.78, 5) is 0. The van der Waals surface area contributed by atoms with Gasteiger partial charge in [0, 0.05) is 13.2 Å². The largest absolute Gasteiger partial charge is 0.375 e. The van der Waals surface area contributed by atoms with E-state index in [-0.39, 0.29) is 5.60 Å². The monoisotopic (exact) mass is 330 g/mol. The van der Waals surface area contributed by atoms with Crippen molar-refractivity contribution in [1.82, 2.24) is 4.72 Å². The molecule has 5 nitrogen and oxygen atoms in total. The number of nitrogens with one attached hydrogen (secondary N) is 1. The zero-order valence-corrected chi connectivity index (χ0v) is 14.6. The average molecular weight is 330 g/mol. The fourth-order valence-electron chi connectivity index (χ4n) is 5.83. The van der Waals surface area contributed by atoms with Gasteiger partial charge in [-0.15, -0.1) is 0 Å². The van der Waals surface area contributed by atoms with Crippen LogP contribution in [0.25, 0.3) is 0 Å². The van der Waals surface area contributed by atoms with Crippen LogP contribution in [0.5, 0.6) is 0 Å². The summed E-state index contributed by atoms with van der Waals surface area (Å²) >= 11 is 0. The van der Waals surface area contributed by atoms with Crippen LogP contribution in [0.4, 0.5) is 0 Å². The molecule has 4 rings (SSSR count). The van der Waals surface area contributed by atoms with Crippen molar-refractivity contribution in [3.8, 4) is 0 Å². The lowest BCUT2D eigenvalue weighted by Crippen LogP contribution is -2.57. The van der Waals surface area contributed by atoms with Gasteiger partial charge in [-0.05, 0) is 68.1 Å². The molecule has 0 saturated heterocycles. The zero-order chi connectivity index (χ0) is 16.0.